The highest BCUT2D eigenvalue weighted by atomic mass is 16.5. The van der Waals surface area contributed by atoms with E-state index in [1.807, 2.05) is 0 Å². The fourth-order valence-electron chi connectivity index (χ4n) is 1.52. The summed E-state index contributed by atoms with van der Waals surface area (Å²) in [6.07, 6.45) is 10.5. The van der Waals surface area contributed by atoms with Crippen LogP contribution in [0.2, 0.25) is 0 Å². The third kappa shape index (κ3) is 3.76. The van der Waals surface area contributed by atoms with Crippen LogP contribution >= 0.6 is 0 Å². The first-order valence-corrected chi connectivity index (χ1v) is 4.86. The Hall–Kier alpha value is -0.0400. The van der Waals surface area contributed by atoms with Crippen LogP contribution in [0.25, 0.3) is 0 Å². The van der Waals surface area contributed by atoms with Crippen molar-refractivity contribution in [2.24, 2.45) is 0 Å². The number of hydrogen-bond donors (Lipinski definition) is 0. The molecule has 1 unspecified atom stereocenters. The smallest absolute Gasteiger partial charge is 0.0577 e. The standard InChI is InChI=1S/C10H19O/c1-2-9-11-10-7-5-3-4-6-8-10/h5,10H,2-4,6-9H2,1H3. The van der Waals surface area contributed by atoms with E-state index in [2.05, 4.69) is 13.3 Å². The van der Waals surface area contributed by atoms with Gasteiger partial charge in [-0.15, -0.1) is 0 Å². The van der Waals surface area contributed by atoms with Crippen LogP contribution in [0.15, 0.2) is 0 Å². The normalized spacial score (nSPS) is 21.5. The largest absolute Gasteiger partial charge is 0.378 e. The molecule has 1 heteroatoms. The first kappa shape index (κ1) is 9.05. The Morgan fingerprint density at radius 2 is 2.36 bits per heavy atom. The van der Waals surface area contributed by atoms with E-state index in [4.69, 9.17) is 4.74 Å². The average Bonchev–Trinajstić information content (AvgIpc) is 2.28. The Bertz CT molecular complexity index is 82.9. The van der Waals surface area contributed by atoms with Crippen molar-refractivity contribution in [2.75, 3.05) is 6.61 Å². The van der Waals surface area contributed by atoms with Gasteiger partial charge in [-0.2, -0.15) is 0 Å². The second kappa shape index (κ2) is 5.59. The van der Waals surface area contributed by atoms with Crippen molar-refractivity contribution in [2.45, 2.75) is 51.6 Å². The molecule has 0 N–H and O–H groups in total. The van der Waals surface area contributed by atoms with E-state index in [9.17, 15) is 0 Å². The molecule has 0 aliphatic heterocycles. The number of ether oxygens (including phenoxy) is 1. The molecule has 1 aliphatic rings. The third-order valence-electron chi connectivity index (χ3n) is 2.17. The van der Waals surface area contributed by atoms with Gasteiger partial charge in [-0.3, -0.25) is 0 Å². The first-order valence-electron chi connectivity index (χ1n) is 4.86. The summed E-state index contributed by atoms with van der Waals surface area (Å²) in [5.74, 6) is 0. The summed E-state index contributed by atoms with van der Waals surface area (Å²) in [6, 6.07) is 0. The third-order valence-corrected chi connectivity index (χ3v) is 2.17. The van der Waals surface area contributed by atoms with Crippen molar-refractivity contribution in [1.82, 2.24) is 0 Å². The number of rotatable bonds is 3. The zero-order valence-corrected chi connectivity index (χ0v) is 7.51. The highest BCUT2D eigenvalue weighted by molar-refractivity contribution is 4.75. The van der Waals surface area contributed by atoms with Crippen molar-refractivity contribution in [3.63, 3.8) is 0 Å². The molecular weight excluding hydrogens is 136 g/mol. The van der Waals surface area contributed by atoms with Crippen LogP contribution in [-0.2, 0) is 4.74 Å². The molecule has 11 heavy (non-hydrogen) atoms. The van der Waals surface area contributed by atoms with Crippen molar-refractivity contribution in [3.05, 3.63) is 6.42 Å². The van der Waals surface area contributed by atoms with Gasteiger partial charge in [0.15, 0.2) is 0 Å². The van der Waals surface area contributed by atoms with E-state index in [-0.39, 0.29) is 0 Å². The maximum Gasteiger partial charge on any atom is 0.0577 e. The van der Waals surface area contributed by atoms with Crippen LogP contribution < -0.4 is 0 Å². The van der Waals surface area contributed by atoms with Crippen molar-refractivity contribution >= 4 is 0 Å². The summed E-state index contributed by atoms with van der Waals surface area (Å²) in [5.41, 5.74) is 0. The van der Waals surface area contributed by atoms with E-state index in [1.54, 1.807) is 0 Å². The van der Waals surface area contributed by atoms with Crippen molar-refractivity contribution in [3.8, 4) is 0 Å². The predicted octanol–water partition coefficient (Wildman–Crippen LogP) is 2.95. The Morgan fingerprint density at radius 3 is 3.18 bits per heavy atom. The SMILES string of the molecule is CCCOC1C[CH]CCCC1. The van der Waals surface area contributed by atoms with E-state index in [0.717, 1.165) is 13.0 Å². The zero-order chi connectivity index (χ0) is 7.94. The lowest BCUT2D eigenvalue weighted by Gasteiger charge is -2.13. The Labute approximate surface area is 70.1 Å². The van der Waals surface area contributed by atoms with E-state index in [1.165, 1.54) is 32.1 Å². The molecule has 0 saturated heterocycles. The molecule has 0 aromatic carbocycles. The van der Waals surface area contributed by atoms with Crippen LogP contribution in [0.5, 0.6) is 0 Å². The molecule has 1 rings (SSSR count). The Balaban J connectivity index is 2.09. The van der Waals surface area contributed by atoms with Gasteiger partial charge < -0.3 is 4.74 Å². The lowest BCUT2D eigenvalue weighted by molar-refractivity contribution is 0.0488. The highest BCUT2D eigenvalue weighted by Crippen LogP contribution is 2.18. The minimum Gasteiger partial charge on any atom is -0.378 e. The second-order valence-corrected chi connectivity index (χ2v) is 3.30. The highest BCUT2D eigenvalue weighted by Gasteiger charge is 2.11. The minimum absolute atomic E-state index is 0.539. The van der Waals surface area contributed by atoms with Gasteiger partial charge in [-0.1, -0.05) is 26.2 Å². The van der Waals surface area contributed by atoms with Crippen molar-refractivity contribution in [1.29, 1.82) is 0 Å². The molecule has 1 atom stereocenters. The van der Waals surface area contributed by atoms with Gasteiger partial charge in [0.05, 0.1) is 6.10 Å². The van der Waals surface area contributed by atoms with E-state index in [0.29, 0.717) is 6.10 Å². The van der Waals surface area contributed by atoms with Crippen LogP contribution in [0, 0.1) is 6.42 Å². The molecule has 1 nitrogen and oxygen atoms in total. The summed E-state index contributed by atoms with van der Waals surface area (Å²) >= 11 is 0. The molecule has 1 radical (unpaired) electrons. The van der Waals surface area contributed by atoms with Gasteiger partial charge in [0.2, 0.25) is 0 Å². The van der Waals surface area contributed by atoms with E-state index < -0.39 is 0 Å². The maximum atomic E-state index is 5.68. The molecule has 65 valence electrons. The summed E-state index contributed by atoms with van der Waals surface area (Å²) in [7, 11) is 0. The molecule has 0 aromatic rings. The zero-order valence-electron chi connectivity index (χ0n) is 7.51. The molecule has 1 saturated carbocycles. The fourth-order valence-corrected chi connectivity index (χ4v) is 1.52. The Morgan fingerprint density at radius 1 is 1.45 bits per heavy atom. The molecule has 0 bridgehead atoms. The molecule has 1 aliphatic carbocycles. The molecule has 0 spiro atoms. The molecule has 0 amide bonds. The summed E-state index contributed by atoms with van der Waals surface area (Å²) in [6.45, 7) is 3.11. The second-order valence-electron chi connectivity index (χ2n) is 3.30. The van der Waals surface area contributed by atoms with Gasteiger partial charge in [0.1, 0.15) is 0 Å². The van der Waals surface area contributed by atoms with Gasteiger partial charge in [0.25, 0.3) is 0 Å². The van der Waals surface area contributed by atoms with Gasteiger partial charge in [0, 0.05) is 6.61 Å². The topological polar surface area (TPSA) is 9.23 Å². The van der Waals surface area contributed by atoms with Crippen LogP contribution in [0.3, 0.4) is 0 Å². The molecular formula is C10H19O. The minimum atomic E-state index is 0.539. The molecule has 0 heterocycles. The van der Waals surface area contributed by atoms with Gasteiger partial charge in [-0.05, 0) is 25.7 Å². The lowest BCUT2D eigenvalue weighted by Crippen LogP contribution is -2.11. The number of hydrogen-bond acceptors (Lipinski definition) is 1. The Kier molecular flexibility index (Phi) is 4.60. The van der Waals surface area contributed by atoms with Gasteiger partial charge in [-0.25, -0.2) is 0 Å². The summed E-state index contributed by atoms with van der Waals surface area (Å²) in [4.78, 5) is 0. The molecule has 1 fully saturated rings. The quantitative estimate of drug-likeness (QED) is 0.569. The van der Waals surface area contributed by atoms with E-state index >= 15 is 0 Å². The monoisotopic (exact) mass is 155 g/mol. The predicted molar refractivity (Wildman–Crippen MR) is 47.4 cm³/mol. The lowest BCUT2D eigenvalue weighted by atomic mass is 10.1. The summed E-state index contributed by atoms with van der Waals surface area (Å²) < 4.78 is 5.68. The summed E-state index contributed by atoms with van der Waals surface area (Å²) in [5, 5.41) is 0. The van der Waals surface area contributed by atoms with Crippen LogP contribution in [-0.4, -0.2) is 12.7 Å². The van der Waals surface area contributed by atoms with Crippen molar-refractivity contribution < 1.29 is 4.74 Å². The van der Waals surface area contributed by atoms with Crippen LogP contribution in [0.4, 0.5) is 0 Å². The first-order chi connectivity index (χ1) is 5.43. The van der Waals surface area contributed by atoms with Crippen LogP contribution in [0.1, 0.15) is 45.4 Å². The maximum absolute atomic E-state index is 5.68. The van der Waals surface area contributed by atoms with Gasteiger partial charge >= 0.3 is 0 Å². The fraction of sp³-hybridized carbons (Fsp3) is 0.900. The molecule has 0 aromatic heterocycles. The average molecular weight is 155 g/mol.